The van der Waals surface area contributed by atoms with Gasteiger partial charge in [-0.3, -0.25) is 9.59 Å². The number of carbonyl (C=O) groups excluding carboxylic acids is 2. The summed E-state index contributed by atoms with van der Waals surface area (Å²) in [4.78, 5) is 29.2. The Labute approximate surface area is 188 Å². The molecule has 0 N–H and O–H groups in total. The summed E-state index contributed by atoms with van der Waals surface area (Å²) in [7, 11) is 0. The number of rotatable bonds is 5. The zero-order chi connectivity index (χ0) is 22.1. The molecule has 32 heavy (non-hydrogen) atoms. The molecule has 2 heterocycles. The van der Waals surface area contributed by atoms with Gasteiger partial charge in [0, 0.05) is 44.0 Å². The van der Waals surface area contributed by atoms with Gasteiger partial charge < -0.3 is 14.5 Å². The molecule has 0 radical (unpaired) electrons. The molecule has 1 unspecified atom stereocenters. The summed E-state index contributed by atoms with van der Waals surface area (Å²) in [6, 6.07) is 13.8. The van der Waals surface area contributed by atoms with Gasteiger partial charge in [-0.15, -0.1) is 0 Å². The van der Waals surface area contributed by atoms with Gasteiger partial charge >= 0.3 is 0 Å². The first-order chi connectivity index (χ1) is 15.6. The van der Waals surface area contributed by atoms with Gasteiger partial charge in [0.1, 0.15) is 17.7 Å². The highest BCUT2D eigenvalue weighted by molar-refractivity contribution is 5.94. The van der Waals surface area contributed by atoms with Crippen molar-refractivity contribution in [3.05, 3.63) is 65.5 Å². The quantitative estimate of drug-likeness (QED) is 0.689. The first-order valence-electron chi connectivity index (χ1n) is 11.7. The fourth-order valence-corrected chi connectivity index (χ4v) is 4.86. The molecule has 2 amide bonds. The maximum Gasteiger partial charge on any atom is 0.254 e. The normalized spacial score (nSPS) is 21.6. The second-order valence-corrected chi connectivity index (χ2v) is 9.15. The molecule has 1 aliphatic carbocycles. The van der Waals surface area contributed by atoms with Crippen LogP contribution >= 0.6 is 0 Å². The van der Waals surface area contributed by atoms with Crippen molar-refractivity contribution in [1.82, 2.24) is 9.80 Å². The van der Waals surface area contributed by atoms with Crippen LogP contribution in [0.15, 0.2) is 48.5 Å². The third-order valence-corrected chi connectivity index (χ3v) is 6.85. The third-order valence-electron chi connectivity index (χ3n) is 6.85. The van der Waals surface area contributed by atoms with Crippen LogP contribution in [0.1, 0.15) is 60.5 Å². The zero-order valence-corrected chi connectivity index (χ0v) is 18.2. The number of ether oxygens (including phenoxy) is 1. The summed E-state index contributed by atoms with van der Waals surface area (Å²) in [5, 5.41) is 0. The van der Waals surface area contributed by atoms with E-state index in [1.54, 1.807) is 12.1 Å². The highest BCUT2D eigenvalue weighted by Gasteiger charge is 2.35. The van der Waals surface area contributed by atoms with Crippen molar-refractivity contribution in [2.45, 2.75) is 50.7 Å². The largest absolute Gasteiger partial charge is 0.490 e. The lowest BCUT2D eigenvalue weighted by atomic mass is 10.0. The number of likely N-dealkylation sites (tertiary alicyclic amines) is 2. The zero-order valence-electron chi connectivity index (χ0n) is 18.2. The Balaban J connectivity index is 1.18. The molecule has 1 saturated carbocycles. The van der Waals surface area contributed by atoms with Crippen LogP contribution in [0.25, 0.3) is 0 Å². The summed E-state index contributed by atoms with van der Waals surface area (Å²) in [6.45, 7) is 2.23. The summed E-state index contributed by atoms with van der Waals surface area (Å²) in [6.07, 6.45) is 5.70. The average Bonchev–Trinajstić information content (AvgIpc) is 3.56. The van der Waals surface area contributed by atoms with Crippen LogP contribution < -0.4 is 4.74 Å². The van der Waals surface area contributed by atoms with E-state index in [-0.39, 0.29) is 29.8 Å². The second-order valence-electron chi connectivity index (χ2n) is 9.15. The van der Waals surface area contributed by atoms with Crippen LogP contribution in [0, 0.1) is 11.7 Å². The van der Waals surface area contributed by atoms with E-state index in [9.17, 15) is 14.0 Å². The molecule has 2 aliphatic heterocycles. The Hall–Kier alpha value is -2.89. The van der Waals surface area contributed by atoms with Gasteiger partial charge in [0.15, 0.2) is 0 Å². The number of nitrogens with zero attached hydrogens (tertiary/aromatic N) is 2. The topological polar surface area (TPSA) is 49.9 Å². The van der Waals surface area contributed by atoms with E-state index < -0.39 is 0 Å². The molecule has 2 saturated heterocycles. The highest BCUT2D eigenvalue weighted by atomic mass is 19.1. The lowest BCUT2D eigenvalue weighted by molar-refractivity contribution is -0.134. The van der Waals surface area contributed by atoms with Gasteiger partial charge in [-0.2, -0.15) is 0 Å². The van der Waals surface area contributed by atoms with Crippen LogP contribution in [0.2, 0.25) is 0 Å². The Morgan fingerprint density at radius 3 is 2.19 bits per heavy atom. The molecule has 168 valence electrons. The number of hydrogen-bond acceptors (Lipinski definition) is 3. The number of amides is 2. The van der Waals surface area contributed by atoms with E-state index in [4.69, 9.17) is 4.74 Å². The fourth-order valence-electron chi connectivity index (χ4n) is 4.86. The minimum absolute atomic E-state index is 0.00438. The molecule has 1 atom stereocenters. The molecule has 2 aromatic rings. The molecule has 2 aromatic carbocycles. The number of hydrogen-bond donors (Lipinski definition) is 0. The Bertz CT molecular complexity index is 964. The first-order valence-corrected chi connectivity index (χ1v) is 11.7. The molecule has 6 heteroatoms. The molecule has 0 spiro atoms. The van der Waals surface area contributed by atoms with Crippen LogP contribution in [0.5, 0.6) is 5.75 Å². The number of benzene rings is 2. The molecular formula is C26H29FN2O3. The third kappa shape index (κ3) is 4.50. The van der Waals surface area contributed by atoms with E-state index in [2.05, 4.69) is 0 Å². The molecule has 0 aromatic heterocycles. The Morgan fingerprint density at radius 2 is 1.53 bits per heavy atom. The van der Waals surface area contributed by atoms with Crippen molar-refractivity contribution in [3.8, 4) is 5.75 Å². The van der Waals surface area contributed by atoms with E-state index >= 15 is 0 Å². The van der Waals surface area contributed by atoms with Crippen LogP contribution in [0.3, 0.4) is 0 Å². The molecule has 5 rings (SSSR count). The van der Waals surface area contributed by atoms with Crippen molar-refractivity contribution in [3.63, 3.8) is 0 Å². The summed E-state index contributed by atoms with van der Waals surface area (Å²) in [5.74, 6) is 1.07. The minimum Gasteiger partial charge on any atom is -0.490 e. The fraction of sp³-hybridized carbons (Fsp3) is 0.462. The van der Waals surface area contributed by atoms with E-state index in [1.165, 1.54) is 12.1 Å². The van der Waals surface area contributed by atoms with Gasteiger partial charge in [-0.25, -0.2) is 4.39 Å². The van der Waals surface area contributed by atoms with Gasteiger partial charge in [0.05, 0.1) is 6.04 Å². The second kappa shape index (κ2) is 8.93. The number of halogens is 1. The molecular weight excluding hydrogens is 407 g/mol. The van der Waals surface area contributed by atoms with Crippen LogP contribution in [-0.2, 0) is 4.79 Å². The first kappa shape index (κ1) is 21.0. The molecule has 3 aliphatic rings. The lowest BCUT2D eigenvalue weighted by Gasteiger charge is -2.32. The number of piperidine rings is 1. The van der Waals surface area contributed by atoms with Crippen LogP contribution in [0.4, 0.5) is 4.39 Å². The Kier molecular flexibility index (Phi) is 5.85. The molecule has 5 nitrogen and oxygen atoms in total. The van der Waals surface area contributed by atoms with E-state index in [1.807, 2.05) is 34.1 Å². The standard InChI is InChI=1S/C26H29FN2O3/c27-21-9-5-18(6-10-21)24-2-1-15-29(24)26(31)20-7-11-22(12-8-20)32-23-13-16-28(17-14-23)25(30)19-3-4-19/h5-12,19,23-24H,1-4,13-17H2. The van der Waals surface area contributed by atoms with E-state index in [0.717, 1.165) is 62.9 Å². The van der Waals surface area contributed by atoms with E-state index in [0.29, 0.717) is 18.0 Å². The molecule has 0 bridgehead atoms. The van der Waals surface area contributed by atoms with Crippen molar-refractivity contribution in [2.75, 3.05) is 19.6 Å². The minimum atomic E-state index is -0.264. The smallest absolute Gasteiger partial charge is 0.254 e. The number of carbonyl (C=O) groups is 2. The van der Waals surface area contributed by atoms with Crippen molar-refractivity contribution in [2.24, 2.45) is 5.92 Å². The van der Waals surface area contributed by atoms with Crippen LogP contribution in [-0.4, -0.2) is 47.4 Å². The van der Waals surface area contributed by atoms with Gasteiger partial charge in [0.2, 0.25) is 5.91 Å². The van der Waals surface area contributed by atoms with Gasteiger partial charge in [-0.05, 0) is 67.6 Å². The predicted molar refractivity (Wildman–Crippen MR) is 119 cm³/mol. The lowest BCUT2D eigenvalue weighted by Crippen LogP contribution is -2.42. The monoisotopic (exact) mass is 436 g/mol. The van der Waals surface area contributed by atoms with Gasteiger partial charge in [-0.1, -0.05) is 12.1 Å². The van der Waals surface area contributed by atoms with Crippen molar-refractivity contribution >= 4 is 11.8 Å². The SMILES string of the molecule is O=C(C1CC1)N1CCC(Oc2ccc(C(=O)N3CCCC3c3ccc(F)cc3)cc2)CC1. The van der Waals surface area contributed by atoms with Crippen molar-refractivity contribution in [1.29, 1.82) is 0 Å². The van der Waals surface area contributed by atoms with Crippen molar-refractivity contribution < 1.29 is 18.7 Å². The molecule has 3 fully saturated rings. The maximum absolute atomic E-state index is 13.3. The summed E-state index contributed by atoms with van der Waals surface area (Å²) < 4.78 is 19.4. The summed E-state index contributed by atoms with van der Waals surface area (Å²) >= 11 is 0. The Morgan fingerprint density at radius 1 is 0.844 bits per heavy atom. The predicted octanol–water partition coefficient (Wildman–Crippen LogP) is 4.58. The maximum atomic E-state index is 13.3. The highest BCUT2D eigenvalue weighted by Crippen LogP contribution is 2.34. The average molecular weight is 437 g/mol. The summed E-state index contributed by atoms with van der Waals surface area (Å²) in [5.41, 5.74) is 1.61. The van der Waals surface area contributed by atoms with Gasteiger partial charge in [0.25, 0.3) is 5.91 Å².